The highest BCUT2D eigenvalue weighted by Crippen LogP contribution is 2.49. The van der Waals surface area contributed by atoms with Crippen molar-refractivity contribution in [2.24, 2.45) is 5.92 Å². The van der Waals surface area contributed by atoms with Gasteiger partial charge >= 0.3 is 0 Å². The summed E-state index contributed by atoms with van der Waals surface area (Å²) in [7, 11) is 1.74. The molecular formula is C18H23NO. The summed E-state index contributed by atoms with van der Waals surface area (Å²) in [6, 6.07) is 13.5. The fraction of sp³-hybridized carbons (Fsp3) is 0.444. The maximum atomic E-state index is 5.48. The molecule has 1 fully saturated rings. The molecule has 1 saturated carbocycles. The summed E-state index contributed by atoms with van der Waals surface area (Å²) in [5, 5.41) is 6.14. The molecule has 0 amide bonds. The van der Waals surface area contributed by atoms with Gasteiger partial charge in [-0.1, -0.05) is 44.2 Å². The Hall–Kier alpha value is -1.54. The predicted octanol–water partition coefficient (Wildman–Crippen LogP) is 3.95. The summed E-state index contributed by atoms with van der Waals surface area (Å²) in [5.74, 6) is 2.47. The molecule has 2 aromatic carbocycles. The number of rotatable bonds is 5. The van der Waals surface area contributed by atoms with Gasteiger partial charge in [0, 0.05) is 11.4 Å². The third-order valence-electron chi connectivity index (χ3n) is 4.25. The van der Waals surface area contributed by atoms with Crippen molar-refractivity contribution in [3.63, 3.8) is 0 Å². The Kier molecular flexibility index (Phi) is 3.66. The molecule has 0 heterocycles. The summed E-state index contributed by atoms with van der Waals surface area (Å²) in [5.41, 5.74) is 1.48. The lowest BCUT2D eigenvalue weighted by Gasteiger charge is -2.11. The standard InChI is InChI=1S/C18H23NO/c1-12(2)19-11-13-10-17(13)15-8-9-18(20-3)16-7-5-4-6-14(15)16/h4-9,12-13,17,19H,10-11H2,1-3H3. The van der Waals surface area contributed by atoms with Crippen LogP contribution in [0.2, 0.25) is 0 Å². The number of fused-ring (bicyclic) bond motifs is 1. The highest BCUT2D eigenvalue weighted by atomic mass is 16.5. The van der Waals surface area contributed by atoms with Crippen molar-refractivity contribution < 1.29 is 4.74 Å². The molecule has 2 unspecified atom stereocenters. The van der Waals surface area contributed by atoms with Gasteiger partial charge in [0.05, 0.1) is 7.11 Å². The molecule has 0 radical (unpaired) electrons. The molecule has 106 valence electrons. The van der Waals surface area contributed by atoms with Crippen LogP contribution in [0.4, 0.5) is 0 Å². The van der Waals surface area contributed by atoms with Gasteiger partial charge in [-0.05, 0) is 41.8 Å². The highest BCUT2D eigenvalue weighted by Gasteiger charge is 2.38. The van der Waals surface area contributed by atoms with Crippen molar-refractivity contribution >= 4 is 10.8 Å². The first kappa shape index (κ1) is 13.4. The number of ether oxygens (including phenoxy) is 1. The van der Waals surface area contributed by atoms with Gasteiger partial charge in [0.25, 0.3) is 0 Å². The monoisotopic (exact) mass is 269 g/mol. The normalized spacial score (nSPS) is 21.4. The van der Waals surface area contributed by atoms with Crippen LogP contribution in [0, 0.1) is 5.92 Å². The van der Waals surface area contributed by atoms with E-state index in [1.54, 1.807) is 7.11 Å². The predicted molar refractivity (Wildman–Crippen MR) is 84.5 cm³/mol. The second-order valence-electron chi connectivity index (χ2n) is 6.07. The van der Waals surface area contributed by atoms with E-state index in [9.17, 15) is 0 Å². The summed E-state index contributed by atoms with van der Waals surface area (Å²) in [6.45, 7) is 5.54. The summed E-state index contributed by atoms with van der Waals surface area (Å²) in [6.07, 6.45) is 1.30. The molecule has 0 aromatic heterocycles. The van der Waals surface area contributed by atoms with Crippen LogP contribution in [-0.2, 0) is 0 Å². The molecule has 0 saturated heterocycles. The molecule has 20 heavy (non-hydrogen) atoms. The van der Waals surface area contributed by atoms with Gasteiger partial charge in [-0.3, -0.25) is 0 Å². The Morgan fingerprint density at radius 2 is 1.90 bits per heavy atom. The molecule has 1 N–H and O–H groups in total. The molecule has 1 aliphatic carbocycles. The molecule has 2 nitrogen and oxygen atoms in total. The molecule has 2 heteroatoms. The zero-order chi connectivity index (χ0) is 14.1. The van der Waals surface area contributed by atoms with Crippen molar-refractivity contribution in [2.45, 2.75) is 32.2 Å². The fourth-order valence-corrected chi connectivity index (χ4v) is 3.04. The van der Waals surface area contributed by atoms with E-state index in [4.69, 9.17) is 4.74 Å². The van der Waals surface area contributed by atoms with Crippen molar-refractivity contribution in [3.8, 4) is 5.75 Å². The van der Waals surface area contributed by atoms with Crippen LogP contribution in [0.25, 0.3) is 10.8 Å². The average Bonchev–Trinajstić information content (AvgIpc) is 3.23. The minimum absolute atomic E-state index is 0.573. The molecular weight excluding hydrogens is 246 g/mol. The quantitative estimate of drug-likeness (QED) is 0.887. The van der Waals surface area contributed by atoms with E-state index in [2.05, 4.69) is 55.6 Å². The molecule has 1 aliphatic rings. The van der Waals surface area contributed by atoms with Gasteiger partial charge in [0.1, 0.15) is 5.75 Å². The molecule has 0 spiro atoms. The van der Waals surface area contributed by atoms with Crippen LogP contribution in [0.5, 0.6) is 5.75 Å². The zero-order valence-corrected chi connectivity index (χ0v) is 12.5. The van der Waals surface area contributed by atoms with Crippen LogP contribution >= 0.6 is 0 Å². The number of hydrogen-bond acceptors (Lipinski definition) is 2. The lowest BCUT2D eigenvalue weighted by atomic mass is 9.99. The lowest BCUT2D eigenvalue weighted by molar-refractivity contribution is 0.419. The number of methoxy groups -OCH3 is 1. The Labute approximate surface area is 121 Å². The van der Waals surface area contributed by atoms with Gasteiger partial charge in [-0.2, -0.15) is 0 Å². The van der Waals surface area contributed by atoms with Crippen LogP contribution < -0.4 is 10.1 Å². The van der Waals surface area contributed by atoms with Crippen LogP contribution in [0.1, 0.15) is 31.7 Å². The Morgan fingerprint density at radius 3 is 2.60 bits per heavy atom. The third-order valence-corrected chi connectivity index (χ3v) is 4.25. The first-order valence-electron chi connectivity index (χ1n) is 7.49. The van der Waals surface area contributed by atoms with Gasteiger partial charge < -0.3 is 10.1 Å². The minimum atomic E-state index is 0.573. The van der Waals surface area contributed by atoms with Crippen LogP contribution in [-0.4, -0.2) is 19.7 Å². The molecule has 0 bridgehead atoms. The molecule has 2 atom stereocenters. The van der Waals surface area contributed by atoms with E-state index in [0.29, 0.717) is 12.0 Å². The Morgan fingerprint density at radius 1 is 1.15 bits per heavy atom. The van der Waals surface area contributed by atoms with Gasteiger partial charge in [0.15, 0.2) is 0 Å². The average molecular weight is 269 g/mol. The maximum absolute atomic E-state index is 5.48. The van der Waals surface area contributed by atoms with Crippen molar-refractivity contribution in [1.29, 1.82) is 0 Å². The Balaban J connectivity index is 1.87. The second kappa shape index (κ2) is 5.45. The highest BCUT2D eigenvalue weighted by molar-refractivity contribution is 5.91. The summed E-state index contributed by atoms with van der Waals surface area (Å²) < 4.78 is 5.48. The molecule has 2 aromatic rings. The van der Waals surface area contributed by atoms with E-state index in [1.807, 2.05) is 0 Å². The van der Waals surface area contributed by atoms with E-state index < -0.39 is 0 Å². The SMILES string of the molecule is COc1ccc(C2CC2CNC(C)C)c2ccccc12. The Bertz CT molecular complexity index is 605. The van der Waals surface area contributed by atoms with Crippen LogP contribution in [0.3, 0.4) is 0 Å². The molecule has 3 rings (SSSR count). The summed E-state index contributed by atoms with van der Waals surface area (Å²) in [4.78, 5) is 0. The van der Waals surface area contributed by atoms with Crippen LogP contribution in [0.15, 0.2) is 36.4 Å². The first-order valence-corrected chi connectivity index (χ1v) is 7.49. The number of hydrogen-bond donors (Lipinski definition) is 1. The zero-order valence-electron chi connectivity index (χ0n) is 12.5. The lowest BCUT2D eigenvalue weighted by Crippen LogP contribution is -2.25. The number of benzene rings is 2. The first-order chi connectivity index (χ1) is 9.70. The topological polar surface area (TPSA) is 21.3 Å². The van der Waals surface area contributed by atoms with Crippen molar-refractivity contribution in [1.82, 2.24) is 5.32 Å². The smallest absolute Gasteiger partial charge is 0.126 e. The van der Waals surface area contributed by atoms with Crippen molar-refractivity contribution in [3.05, 3.63) is 42.0 Å². The largest absolute Gasteiger partial charge is 0.496 e. The summed E-state index contributed by atoms with van der Waals surface area (Å²) >= 11 is 0. The second-order valence-corrected chi connectivity index (χ2v) is 6.07. The van der Waals surface area contributed by atoms with E-state index in [-0.39, 0.29) is 0 Å². The van der Waals surface area contributed by atoms with Crippen molar-refractivity contribution in [2.75, 3.05) is 13.7 Å². The van der Waals surface area contributed by atoms with E-state index in [1.165, 1.54) is 22.8 Å². The number of nitrogens with one attached hydrogen (secondary N) is 1. The molecule has 0 aliphatic heterocycles. The fourth-order valence-electron chi connectivity index (χ4n) is 3.04. The minimum Gasteiger partial charge on any atom is -0.496 e. The van der Waals surface area contributed by atoms with Gasteiger partial charge in [-0.25, -0.2) is 0 Å². The van der Waals surface area contributed by atoms with Gasteiger partial charge in [-0.15, -0.1) is 0 Å². The third kappa shape index (κ3) is 2.53. The van der Waals surface area contributed by atoms with E-state index in [0.717, 1.165) is 18.2 Å². The maximum Gasteiger partial charge on any atom is 0.126 e. The van der Waals surface area contributed by atoms with Gasteiger partial charge in [0.2, 0.25) is 0 Å². The van der Waals surface area contributed by atoms with E-state index >= 15 is 0 Å².